The summed E-state index contributed by atoms with van der Waals surface area (Å²) in [5.74, 6) is 0.628. The number of nitrogens with zero attached hydrogens (tertiary/aromatic N) is 1. The van der Waals surface area contributed by atoms with Crippen molar-refractivity contribution in [2.24, 2.45) is 5.73 Å². The molecule has 0 radical (unpaired) electrons. The molecule has 0 unspecified atom stereocenters. The van der Waals surface area contributed by atoms with Gasteiger partial charge in [-0.2, -0.15) is 0 Å². The second kappa shape index (κ2) is 3.38. The first-order valence-electron chi connectivity index (χ1n) is 3.53. The van der Waals surface area contributed by atoms with E-state index in [0.29, 0.717) is 17.2 Å². The highest BCUT2D eigenvalue weighted by Gasteiger charge is 2.05. The van der Waals surface area contributed by atoms with Gasteiger partial charge >= 0.3 is 0 Å². The van der Waals surface area contributed by atoms with Crippen LogP contribution in [0.3, 0.4) is 0 Å². The molecule has 66 valence electrons. The van der Waals surface area contributed by atoms with E-state index in [1.54, 1.807) is 12.1 Å². The highest BCUT2D eigenvalue weighted by Crippen LogP contribution is 2.14. The average Bonchev–Trinajstić information content (AvgIpc) is 2.01. The number of nitrogen functional groups attached to an aromatic ring is 2. The molecular formula is C7H12N4O. The molecule has 1 rings (SSSR count). The Bertz CT molecular complexity index is 256. The molecule has 0 aromatic carbocycles. The lowest BCUT2D eigenvalue weighted by Gasteiger charge is -2.09. The number of aliphatic hydroxyl groups is 1. The van der Waals surface area contributed by atoms with Crippen LogP contribution in [0.25, 0.3) is 0 Å². The fourth-order valence-corrected chi connectivity index (χ4v) is 0.916. The Balaban J connectivity index is 3.00. The van der Waals surface area contributed by atoms with Gasteiger partial charge < -0.3 is 22.3 Å². The van der Waals surface area contributed by atoms with Crippen LogP contribution < -0.4 is 17.2 Å². The van der Waals surface area contributed by atoms with Crippen LogP contribution in [0.2, 0.25) is 0 Å². The lowest BCUT2D eigenvalue weighted by atomic mass is 10.1. The van der Waals surface area contributed by atoms with Crippen molar-refractivity contribution in [1.82, 2.24) is 4.98 Å². The van der Waals surface area contributed by atoms with Crippen molar-refractivity contribution in [3.8, 4) is 0 Å². The molecule has 0 aliphatic rings. The van der Waals surface area contributed by atoms with Gasteiger partial charge in [0.25, 0.3) is 0 Å². The molecule has 1 heterocycles. The molecular weight excluding hydrogens is 156 g/mol. The second-order valence-corrected chi connectivity index (χ2v) is 2.54. The predicted molar refractivity (Wildman–Crippen MR) is 47.1 cm³/mol. The van der Waals surface area contributed by atoms with Crippen molar-refractivity contribution in [1.29, 1.82) is 0 Å². The molecule has 0 bridgehead atoms. The van der Waals surface area contributed by atoms with Crippen LogP contribution in [-0.4, -0.2) is 16.7 Å². The number of hydrogen-bond acceptors (Lipinski definition) is 5. The second-order valence-electron chi connectivity index (χ2n) is 2.54. The van der Waals surface area contributed by atoms with Crippen LogP contribution in [0.4, 0.5) is 11.6 Å². The number of nitrogens with two attached hydrogens (primary N) is 3. The highest BCUT2D eigenvalue weighted by molar-refractivity contribution is 5.44. The number of hydrogen-bond donors (Lipinski definition) is 4. The summed E-state index contributed by atoms with van der Waals surface area (Å²) in [5.41, 5.74) is 17.1. The maximum absolute atomic E-state index is 8.74. The van der Waals surface area contributed by atoms with Gasteiger partial charge in [0.05, 0.1) is 12.6 Å². The van der Waals surface area contributed by atoms with E-state index < -0.39 is 6.04 Å². The molecule has 1 aromatic rings. The van der Waals surface area contributed by atoms with Crippen LogP contribution in [0.15, 0.2) is 12.1 Å². The van der Waals surface area contributed by atoms with E-state index in [1.165, 1.54) is 0 Å². The minimum Gasteiger partial charge on any atom is -0.394 e. The van der Waals surface area contributed by atoms with Gasteiger partial charge in [-0.15, -0.1) is 0 Å². The number of aliphatic hydroxyl groups excluding tert-OH is 1. The van der Waals surface area contributed by atoms with Crippen molar-refractivity contribution in [2.45, 2.75) is 6.04 Å². The fraction of sp³-hybridized carbons (Fsp3) is 0.286. The van der Waals surface area contributed by atoms with E-state index in [4.69, 9.17) is 22.3 Å². The molecule has 0 spiro atoms. The third kappa shape index (κ3) is 1.84. The summed E-state index contributed by atoms with van der Waals surface area (Å²) in [7, 11) is 0. The number of rotatable bonds is 2. The molecule has 0 saturated heterocycles. The minimum atomic E-state index is -0.447. The maximum Gasteiger partial charge on any atom is 0.126 e. The summed E-state index contributed by atoms with van der Waals surface area (Å²) in [6.45, 7) is -0.136. The normalized spacial score (nSPS) is 12.8. The SMILES string of the molecule is Nc1cc([C@@H](N)CO)cc(N)n1. The van der Waals surface area contributed by atoms with Gasteiger partial charge in [0, 0.05) is 0 Å². The van der Waals surface area contributed by atoms with E-state index in [2.05, 4.69) is 4.98 Å². The standard InChI is InChI=1S/C7H12N4O/c8-5(3-12)4-1-6(9)11-7(10)2-4/h1-2,5,12H,3,8H2,(H4,9,10,11)/t5-/m0/s1. The molecule has 7 N–H and O–H groups in total. The van der Waals surface area contributed by atoms with Gasteiger partial charge in [-0.05, 0) is 17.7 Å². The smallest absolute Gasteiger partial charge is 0.126 e. The van der Waals surface area contributed by atoms with Crippen LogP contribution in [-0.2, 0) is 0 Å². The Morgan fingerprint density at radius 3 is 2.25 bits per heavy atom. The summed E-state index contributed by atoms with van der Waals surface area (Å²) < 4.78 is 0. The number of anilines is 2. The average molecular weight is 168 g/mol. The predicted octanol–water partition coefficient (Wildman–Crippen LogP) is -0.762. The molecule has 0 saturated carbocycles. The van der Waals surface area contributed by atoms with Gasteiger partial charge in [0.1, 0.15) is 11.6 Å². The van der Waals surface area contributed by atoms with E-state index in [0.717, 1.165) is 0 Å². The van der Waals surface area contributed by atoms with Gasteiger partial charge in [0.15, 0.2) is 0 Å². The van der Waals surface area contributed by atoms with Crippen molar-refractivity contribution >= 4 is 11.6 Å². The Labute approximate surface area is 70.2 Å². The summed E-state index contributed by atoms with van der Waals surface area (Å²) >= 11 is 0. The zero-order valence-corrected chi connectivity index (χ0v) is 6.57. The Morgan fingerprint density at radius 1 is 1.33 bits per heavy atom. The first kappa shape index (κ1) is 8.76. The molecule has 1 aromatic heterocycles. The van der Waals surface area contributed by atoms with Gasteiger partial charge in [-0.1, -0.05) is 0 Å². The van der Waals surface area contributed by atoms with Crippen molar-refractivity contribution in [3.05, 3.63) is 17.7 Å². The summed E-state index contributed by atoms with van der Waals surface area (Å²) in [4.78, 5) is 3.77. The molecule has 5 heteroatoms. The van der Waals surface area contributed by atoms with Crippen LogP contribution in [0.5, 0.6) is 0 Å². The first-order chi connectivity index (χ1) is 5.63. The lowest BCUT2D eigenvalue weighted by molar-refractivity contribution is 0.268. The van der Waals surface area contributed by atoms with E-state index >= 15 is 0 Å². The van der Waals surface area contributed by atoms with E-state index in [9.17, 15) is 0 Å². The summed E-state index contributed by atoms with van der Waals surface area (Å²) in [5, 5.41) is 8.74. The monoisotopic (exact) mass is 168 g/mol. The van der Waals surface area contributed by atoms with Crippen molar-refractivity contribution in [3.63, 3.8) is 0 Å². The largest absolute Gasteiger partial charge is 0.394 e. The van der Waals surface area contributed by atoms with Crippen LogP contribution in [0, 0.1) is 0 Å². The highest BCUT2D eigenvalue weighted by atomic mass is 16.3. The minimum absolute atomic E-state index is 0.136. The number of pyridine rings is 1. The van der Waals surface area contributed by atoms with Crippen molar-refractivity contribution < 1.29 is 5.11 Å². The van der Waals surface area contributed by atoms with E-state index in [-0.39, 0.29) is 6.61 Å². The third-order valence-corrected chi connectivity index (χ3v) is 1.51. The molecule has 5 nitrogen and oxygen atoms in total. The summed E-state index contributed by atoms with van der Waals surface area (Å²) in [6.07, 6.45) is 0. The van der Waals surface area contributed by atoms with Crippen molar-refractivity contribution in [2.75, 3.05) is 18.1 Å². The molecule has 0 fully saturated rings. The van der Waals surface area contributed by atoms with Gasteiger partial charge in [-0.3, -0.25) is 0 Å². The lowest BCUT2D eigenvalue weighted by Crippen LogP contribution is -2.15. The Kier molecular flexibility index (Phi) is 2.47. The summed E-state index contributed by atoms with van der Waals surface area (Å²) in [6, 6.07) is 2.74. The Hall–Kier alpha value is -1.33. The first-order valence-corrected chi connectivity index (χ1v) is 3.53. The molecule has 12 heavy (non-hydrogen) atoms. The van der Waals surface area contributed by atoms with E-state index in [1.807, 2.05) is 0 Å². The third-order valence-electron chi connectivity index (χ3n) is 1.51. The quantitative estimate of drug-likeness (QED) is 0.463. The number of aromatic nitrogens is 1. The van der Waals surface area contributed by atoms with Gasteiger partial charge in [-0.25, -0.2) is 4.98 Å². The molecule has 0 aliphatic carbocycles. The molecule has 1 atom stereocenters. The maximum atomic E-state index is 8.74. The Morgan fingerprint density at radius 2 is 1.83 bits per heavy atom. The molecule has 0 aliphatic heterocycles. The zero-order chi connectivity index (χ0) is 9.14. The van der Waals surface area contributed by atoms with Gasteiger partial charge in [0.2, 0.25) is 0 Å². The topological polar surface area (TPSA) is 111 Å². The van der Waals surface area contributed by atoms with Crippen LogP contribution in [0.1, 0.15) is 11.6 Å². The van der Waals surface area contributed by atoms with Crippen LogP contribution >= 0.6 is 0 Å². The zero-order valence-electron chi connectivity index (χ0n) is 6.57. The fourth-order valence-electron chi connectivity index (χ4n) is 0.916. The molecule has 0 amide bonds.